The van der Waals surface area contributed by atoms with Crippen molar-refractivity contribution < 1.29 is 4.74 Å². The predicted octanol–water partition coefficient (Wildman–Crippen LogP) is 2.51. The van der Waals surface area contributed by atoms with Crippen LogP contribution in [0.2, 0.25) is 5.02 Å². The summed E-state index contributed by atoms with van der Waals surface area (Å²) in [7, 11) is 1.55. The van der Waals surface area contributed by atoms with E-state index in [0.717, 1.165) is 0 Å². The first kappa shape index (κ1) is 7.82. The molecule has 0 aliphatic carbocycles. The molecule has 0 amide bonds. The van der Waals surface area contributed by atoms with Gasteiger partial charge in [0.25, 0.3) is 0 Å². The van der Waals surface area contributed by atoms with Gasteiger partial charge in [0.15, 0.2) is 0 Å². The molecule has 1 aromatic heterocycles. The molecule has 0 unspecified atom stereocenters. The van der Waals surface area contributed by atoms with Crippen LogP contribution in [0.3, 0.4) is 0 Å². The smallest absolute Gasteiger partial charge is 0.215 e. The van der Waals surface area contributed by atoms with Crippen LogP contribution in [0.25, 0.3) is 0 Å². The van der Waals surface area contributed by atoms with Crippen molar-refractivity contribution in [1.29, 1.82) is 0 Å². The van der Waals surface area contributed by atoms with Gasteiger partial charge in [-0.3, -0.25) is 0 Å². The van der Waals surface area contributed by atoms with Crippen LogP contribution < -0.4 is 4.74 Å². The molecular formula is C6H5BrClNO. The van der Waals surface area contributed by atoms with Gasteiger partial charge in [-0.2, -0.15) is 0 Å². The number of methoxy groups -OCH3 is 1. The van der Waals surface area contributed by atoms with Crippen molar-refractivity contribution in [1.82, 2.24) is 4.98 Å². The summed E-state index contributed by atoms with van der Waals surface area (Å²) in [6.45, 7) is 0. The molecule has 4 heteroatoms. The van der Waals surface area contributed by atoms with Crippen molar-refractivity contribution in [2.75, 3.05) is 7.11 Å². The van der Waals surface area contributed by atoms with Crippen LogP contribution >= 0.6 is 27.5 Å². The fraction of sp³-hybridized carbons (Fsp3) is 0.167. The summed E-state index contributed by atoms with van der Waals surface area (Å²) >= 11 is 8.86. The van der Waals surface area contributed by atoms with E-state index < -0.39 is 0 Å². The molecule has 1 rings (SSSR count). The predicted molar refractivity (Wildman–Crippen MR) is 43.5 cm³/mol. The van der Waals surface area contributed by atoms with E-state index in [4.69, 9.17) is 16.3 Å². The van der Waals surface area contributed by atoms with Crippen LogP contribution in [-0.4, -0.2) is 12.1 Å². The van der Waals surface area contributed by atoms with E-state index in [0.29, 0.717) is 15.5 Å². The molecule has 0 atom stereocenters. The minimum atomic E-state index is 0.513. The molecule has 0 aliphatic heterocycles. The van der Waals surface area contributed by atoms with Gasteiger partial charge in [-0.1, -0.05) is 11.6 Å². The topological polar surface area (TPSA) is 22.1 Å². The first-order chi connectivity index (χ1) is 4.72. The van der Waals surface area contributed by atoms with Crippen LogP contribution in [-0.2, 0) is 0 Å². The number of aromatic nitrogens is 1. The van der Waals surface area contributed by atoms with Crippen LogP contribution in [0.4, 0.5) is 0 Å². The maximum Gasteiger partial charge on any atom is 0.215 e. The fourth-order valence-electron chi connectivity index (χ4n) is 0.548. The summed E-state index contributed by atoms with van der Waals surface area (Å²) in [5.41, 5.74) is 0. The second-order valence-electron chi connectivity index (χ2n) is 1.65. The first-order valence-electron chi connectivity index (χ1n) is 2.59. The van der Waals surface area contributed by atoms with E-state index in [2.05, 4.69) is 20.9 Å². The number of pyridine rings is 1. The molecule has 0 bridgehead atoms. The average Bonchev–Trinajstić information content (AvgIpc) is 1.85. The lowest BCUT2D eigenvalue weighted by Gasteiger charge is -1.98. The van der Waals surface area contributed by atoms with Gasteiger partial charge in [-0.15, -0.1) is 0 Å². The van der Waals surface area contributed by atoms with Crippen molar-refractivity contribution in [3.8, 4) is 5.88 Å². The van der Waals surface area contributed by atoms with Crippen LogP contribution in [0.5, 0.6) is 5.88 Å². The Balaban J connectivity index is 3.06. The highest BCUT2D eigenvalue weighted by atomic mass is 79.9. The van der Waals surface area contributed by atoms with E-state index in [1.807, 2.05) is 0 Å². The second-order valence-corrected chi connectivity index (χ2v) is 2.90. The summed E-state index contributed by atoms with van der Waals surface area (Å²) in [5, 5.41) is 0.610. The van der Waals surface area contributed by atoms with Gasteiger partial charge < -0.3 is 4.74 Å². The van der Waals surface area contributed by atoms with Gasteiger partial charge >= 0.3 is 0 Å². The lowest BCUT2D eigenvalue weighted by molar-refractivity contribution is 0.397. The molecule has 0 saturated carbocycles. The quantitative estimate of drug-likeness (QED) is 0.681. The Labute approximate surface area is 72.3 Å². The lowest BCUT2D eigenvalue weighted by Crippen LogP contribution is -1.86. The molecule has 54 valence electrons. The third-order valence-corrected chi connectivity index (χ3v) is 1.57. The van der Waals surface area contributed by atoms with Gasteiger partial charge in [0, 0.05) is 11.1 Å². The Bertz CT molecular complexity index is 221. The van der Waals surface area contributed by atoms with Crippen molar-refractivity contribution in [3.05, 3.63) is 21.8 Å². The molecular weight excluding hydrogens is 217 g/mol. The third-order valence-electron chi connectivity index (χ3n) is 0.944. The maximum atomic E-state index is 5.68. The van der Waals surface area contributed by atoms with Gasteiger partial charge in [-0.05, 0) is 22.0 Å². The highest BCUT2D eigenvalue weighted by Gasteiger charge is 1.96. The normalized spacial score (nSPS) is 9.50. The molecule has 0 radical (unpaired) electrons. The summed E-state index contributed by atoms with van der Waals surface area (Å²) in [4.78, 5) is 3.96. The summed E-state index contributed by atoms with van der Waals surface area (Å²) in [5.74, 6) is 0.513. The number of rotatable bonds is 1. The Kier molecular flexibility index (Phi) is 2.51. The molecule has 0 N–H and O–H groups in total. The maximum absolute atomic E-state index is 5.68. The number of nitrogens with zero attached hydrogens (tertiary/aromatic N) is 1. The van der Waals surface area contributed by atoms with Gasteiger partial charge in [0.1, 0.15) is 4.60 Å². The van der Waals surface area contributed by atoms with E-state index in [9.17, 15) is 0 Å². The monoisotopic (exact) mass is 221 g/mol. The highest BCUT2D eigenvalue weighted by molar-refractivity contribution is 9.10. The summed E-state index contributed by atoms with van der Waals surface area (Å²) in [6, 6.07) is 3.34. The van der Waals surface area contributed by atoms with E-state index in [1.165, 1.54) is 0 Å². The van der Waals surface area contributed by atoms with Crippen LogP contribution in [0, 0.1) is 0 Å². The summed E-state index contributed by atoms with van der Waals surface area (Å²) < 4.78 is 5.53. The average molecular weight is 222 g/mol. The standard InChI is InChI=1S/C6H5BrClNO/c1-10-6-3-4(8)2-5(7)9-6/h2-3H,1H3. The Morgan fingerprint density at radius 3 is 2.80 bits per heavy atom. The molecule has 0 fully saturated rings. The molecule has 10 heavy (non-hydrogen) atoms. The number of ether oxygens (including phenoxy) is 1. The Morgan fingerprint density at radius 1 is 1.60 bits per heavy atom. The van der Waals surface area contributed by atoms with Crippen molar-refractivity contribution in [2.24, 2.45) is 0 Å². The number of hydrogen-bond acceptors (Lipinski definition) is 2. The SMILES string of the molecule is COc1cc(Cl)cc(Br)n1. The zero-order valence-corrected chi connectivity index (χ0v) is 7.61. The Hall–Kier alpha value is -0.280. The molecule has 1 heterocycles. The minimum Gasteiger partial charge on any atom is -0.481 e. The highest BCUT2D eigenvalue weighted by Crippen LogP contribution is 2.19. The van der Waals surface area contributed by atoms with E-state index in [-0.39, 0.29) is 0 Å². The van der Waals surface area contributed by atoms with Crippen LogP contribution in [0.15, 0.2) is 16.7 Å². The molecule has 1 aromatic rings. The molecule has 0 aliphatic rings. The third kappa shape index (κ3) is 1.85. The van der Waals surface area contributed by atoms with Crippen molar-refractivity contribution >= 4 is 27.5 Å². The van der Waals surface area contributed by atoms with Gasteiger partial charge in [0.2, 0.25) is 5.88 Å². The van der Waals surface area contributed by atoms with Crippen molar-refractivity contribution in [3.63, 3.8) is 0 Å². The Morgan fingerprint density at radius 2 is 2.30 bits per heavy atom. The zero-order valence-electron chi connectivity index (χ0n) is 5.27. The number of halogens is 2. The van der Waals surface area contributed by atoms with E-state index >= 15 is 0 Å². The molecule has 0 aromatic carbocycles. The van der Waals surface area contributed by atoms with Crippen molar-refractivity contribution in [2.45, 2.75) is 0 Å². The van der Waals surface area contributed by atoms with Crippen LogP contribution in [0.1, 0.15) is 0 Å². The zero-order chi connectivity index (χ0) is 7.56. The molecule has 0 spiro atoms. The van der Waals surface area contributed by atoms with E-state index in [1.54, 1.807) is 19.2 Å². The summed E-state index contributed by atoms with van der Waals surface area (Å²) in [6.07, 6.45) is 0. The number of hydrogen-bond donors (Lipinski definition) is 0. The molecule has 2 nitrogen and oxygen atoms in total. The second kappa shape index (κ2) is 3.21. The fourth-order valence-corrected chi connectivity index (χ4v) is 1.30. The largest absolute Gasteiger partial charge is 0.481 e. The van der Waals surface area contributed by atoms with Gasteiger partial charge in [0.05, 0.1) is 7.11 Å². The minimum absolute atomic E-state index is 0.513. The first-order valence-corrected chi connectivity index (χ1v) is 3.76. The van der Waals surface area contributed by atoms with Gasteiger partial charge in [-0.25, -0.2) is 4.98 Å². The molecule has 0 saturated heterocycles. The lowest BCUT2D eigenvalue weighted by atomic mass is 10.5.